The normalized spacial score (nSPS) is 10.5. The number of rotatable bonds is 8. The van der Waals surface area contributed by atoms with Gasteiger partial charge in [0.2, 0.25) is 5.91 Å². The van der Waals surface area contributed by atoms with Crippen LogP contribution in [0.4, 0.5) is 0 Å². The van der Waals surface area contributed by atoms with Crippen molar-refractivity contribution >= 4 is 5.91 Å². The van der Waals surface area contributed by atoms with E-state index >= 15 is 0 Å². The molecule has 19 heavy (non-hydrogen) atoms. The Balaban J connectivity index is 2.41. The van der Waals surface area contributed by atoms with Crippen LogP contribution >= 0.6 is 0 Å². The molecule has 0 atom stereocenters. The summed E-state index contributed by atoms with van der Waals surface area (Å²) in [4.78, 5) is 11.7. The van der Waals surface area contributed by atoms with Crippen LogP contribution in [0, 0.1) is 0 Å². The average Bonchev–Trinajstić information content (AvgIpc) is 2.34. The fraction of sp³-hybridized carbons (Fsp3) is 0.533. The van der Waals surface area contributed by atoms with Crippen LogP contribution in [0.1, 0.15) is 32.3 Å². The minimum Gasteiger partial charge on any atom is -0.491 e. The van der Waals surface area contributed by atoms with Crippen molar-refractivity contribution in [3.8, 4) is 5.75 Å². The van der Waals surface area contributed by atoms with Crippen LogP contribution in [-0.4, -0.2) is 25.1 Å². The van der Waals surface area contributed by atoms with E-state index in [1.807, 2.05) is 38.1 Å². The Hall–Kier alpha value is -1.55. The lowest BCUT2D eigenvalue weighted by Gasteiger charge is -2.11. The fourth-order valence-electron chi connectivity index (χ4n) is 1.75. The molecular formula is C15H24N2O2. The molecule has 0 unspecified atom stereocenters. The third kappa shape index (κ3) is 6.82. The summed E-state index contributed by atoms with van der Waals surface area (Å²) in [6.45, 7) is 5.33. The summed E-state index contributed by atoms with van der Waals surface area (Å²) in [5.41, 5.74) is 6.37. The van der Waals surface area contributed by atoms with Gasteiger partial charge < -0.3 is 15.8 Å². The van der Waals surface area contributed by atoms with Crippen molar-refractivity contribution in [2.24, 2.45) is 5.73 Å². The predicted octanol–water partition coefficient (Wildman–Crippen LogP) is 1.87. The minimum atomic E-state index is 0.0405. The van der Waals surface area contributed by atoms with Crippen LogP contribution in [0.3, 0.4) is 0 Å². The van der Waals surface area contributed by atoms with Gasteiger partial charge in [0.25, 0.3) is 0 Å². The molecule has 0 aromatic heterocycles. The minimum absolute atomic E-state index is 0.0405. The van der Waals surface area contributed by atoms with E-state index in [0.717, 1.165) is 24.2 Å². The van der Waals surface area contributed by atoms with Gasteiger partial charge in [-0.3, -0.25) is 4.79 Å². The molecule has 0 fully saturated rings. The van der Waals surface area contributed by atoms with Crippen LogP contribution in [0.15, 0.2) is 24.3 Å². The Labute approximate surface area is 115 Å². The number of carbonyl (C=O) groups excluding carboxylic acids is 1. The zero-order valence-corrected chi connectivity index (χ0v) is 11.8. The zero-order chi connectivity index (χ0) is 14.1. The van der Waals surface area contributed by atoms with E-state index in [9.17, 15) is 4.79 Å². The first-order chi connectivity index (χ1) is 9.11. The van der Waals surface area contributed by atoms with Crippen LogP contribution in [0.25, 0.3) is 0 Å². The summed E-state index contributed by atoms with van der Waals surface area (Å²) in [5, 5.41) is 2.89. The smallest absolute Gasteiger partial charge is 0.224 e. The van der Waals surface area contributed by atoms with Crippen LogP contribution in [0.2, 0.25) is 0 Å². The van der Waals surface area contributed by atoms with Crippen molar-refractivity contribution in [3.05, 3.63) is 29.8 Å². The topological polar surface area (TPSA) is 64.3 Å². The highest BCUT2D eigenvalue weighted by molar-refractivity contribution is 5.78. The number of nitrogens with one attached hydrogen (secondary N) is 1. The molecule has 1 rings (SSSR count). The van der Waals surface area contributed by atoms with E-state index in [0.29, 0.717) is 19.5 Å². The standard InChI is InChI=1S/C15H24N2O2/c1-12(2)19-14-7-5-6-13(10-14)11-15(18)17-9-4-3-8-16/h5-7,10,12H,3-4,8-9,11,16H2,1-2H3,(H,17,18). The van der Waals surface area contributed by atoms with Gasteiger partial charge in [0.05, 0.1) is 12.5 Å². The zero-order valence-electron chi connectivity index (χ0n) is 11.8. The first-order valence-corrected chi connectivity index (χ1v) is 6.84. The van der Waals surface area contributed by atoms with Gasteiger partial charge in [-0.1, -0.05) is 12.1 Å². The fourth-order valence-corrected chi connectivity index (χ4v) is 1.75. The molecule has 0 saturated carbocycles. The molecule has 0 heterocycles. The number of amides is 1. The number of unbranched alkanes of at least 4 members (excludes halogenated alkanes) is 1. The van der Waals surface area contributed by atoms with Gasteiger partial charge in [-0.15, -0.1) is 0 Å². The number of hydrogen-bond acceptors (Lipinski definition) is 3. The van der Waals surface area contributed by atoms with Gasteiger partial charge in [0, 0.05) is 6.54 Å². The molecule has 0 aliphatic rings. The number of hydrogen-bond donors (Lipinski definition) is 2. The second-order valence-corrected chi connectivity index (χ2v) is 4.84. The van der Waals surface area contributed by atoms with Gasteiger partial charge >= 0.3 is 0 Å². The molecule has 0 spiro atoms. The number of carbonyl (C=O) groups is 1. The molecule has 0 saturated heterocycles. The van der Waals surface area contributed by atoms with Gasteiger partial charge in [-0.05, 0) is 50.9 Å². The van der Waals surface area contributed by atoms with Gasteiger partial charge in [-0.2, -0.15) is 0 Å². The number of benzene rings is 1. The Morgan fingerprint density at radius 2 is 2.16 bits per heavy atom. The van der Waals surface area contributed by atoms with Gasteiger partial charge in [-0.25, -0.2) is 0 Å². The maximum absolute atomic E-state index is 11.7. The molecule has 0 aliphatic carbocycles. The summed E-state index contributed by atoms with van der Waals surface area (Å²) >= 11 is 0. The highest BCUT2D eigenvalue weighted by Crippen LogP contribution is 2.15. The monoisotopic (exact) mass is 264 g/mol. The number of nitrogens with two attached hydrogens (primary N) is 1. The van der Waals surface area contributed by atoms with E-state index in [1.165, 1.54) is 0 Å². The molecule has 3 N–H and O–H groups in total. The first kappa shape index (κ1) is 15.5. The molecule has 106 valence electrons. The Morgan fingerprint density at radius 3 is 2.84 bits per heavy atom. The lowest BCUT2D eigenvalue weighted by molar-refractivity contribution is -0.120. The SMILES string of the molecule is CC(C)Oc1cccc(CC(=O)NCCCCN)c1. The second kappa shape index (κ2) is 8.53. The molecule has 4 nitrogen and oxygen atoms in total. The third-order valence-electron chi connectivity index (χ3n) is 2.59. The van der Waals surface area contributed by atoms with E-state index in [2.05, 4.69) is 5.32 Å². The summed E-state index contributed by atoms with van der Waals surface area (Å²) in [7, 11) is 0. The maximum Gasteiger partial charge on any atom is 0.224 e. The molecular weight excluding hydrogens is 240 g/mol. The Morgan fingerprint density at radius 1 is 1.37 bits per heavy atom. The molecule has 0 bridgehead atoms. The second-order valence-electron chi connectivity index (χ2n) is 4.84. The van der Waals surface area contributed by atoms with Gasteiger partial charge in [0.15, 0.2) is 0 Å². The van der Waals surface area contributed by atoms with E-state index in [4.69, 9.17) is 10.5 Å². The Kier molecular flexibility index (Phi) is 6.97. The lowest BCUT2D eigenvalue weighted by atomic mass is 10.1. The maximum atomic E-state index is 11.7. The molecule has 4 heteroatoms. The van der Waals surface area contributed by atoms with Crippen molar-refractivity contribution < 1.29 is 9.53 Å². The molecule has 1 aromatic carbocycles. The highest BCUT2D eigenvalue weighted by Gasteiger charge is 2.04. The van der Waals surface area contributed by atoms with Crippen molar-refractivity contribution in [1.82, 2.24) is 5.32 Å². The highest BCUT2D eigenvalue weighted by atomic mass is 16.5. The van der Waals surface area contributed by atoms with Crippen molar-refractivity contribution in [2.75, 3.05) is 13.1 Å². The van der Waals surface area contributed by atoms with Crippen LogP contribution in [-0.2, 0) is 11.2 Å². The number of ether oxygens (including phenoxy) is 1. The molecule has 1 aromatic rings. The average molecular weight is 264 g/mol. The quantitative estimate of drug-likeness (QED) is 0.705. The summed E-state index contributed by atoms with van der Waals surface area (Å²) in [6.07, 6.45) is 2.40. The van der Waals surface area contributed by atoms with E-state index in [1.54, 1.807) is 0 Å². The summed E-state index contributed by atoms with van der Waals surface area (Å²) in [5.74, 6) is 0.849. The molecule has 1 amide bonds. The van der Waals surface area contributed by atoms with Crippen LogP contribution in [0.5, 0.6) is 5.75 Å². The van der Waals surface area contributed by atoms with Crippen LogP contribution < -0.4 is 15.8 Å². The van der Waals surface area contributed by atoms with Crippen molar-refractivity contribution in [3.63, 3.8) is 0 Å². The summed E-state index contributed by atoms with van der Waals surface area (Å²) < 4.78 is 5.60. The first-order valence-electron chi connectivity index (χ1n) is 6.84. The largest absolute Gasteiger partial charge is 0.491 e. The van der Waals surface area contributed by atoms with Crippen molar-refractivity contribution in [2.45, 2.75) is 39.2 Å². The van der Waals surface area contributed by atoms with E-state index in [-0.39, 0.29) is 12.0 Å². The molecule has 0 radical (unpaired) electrons. The summed E-state index contributed by atoms with van der Waals surface area (Å²) in [6, 6.07) is 7.67. The third-order valence-corrected chi connectivity index (χ3v) is 2.59. The predicted molar refractivity (Wildman–Crippen MR) is 77.2 cm³/mol. The lowest BCUT2D eigenvalue weighted by Crippen LogP contribution is -2.26. The molecule has 0 aliphatic heterocycles. The van der Waals surface area contributed by atoms with Crippen molar-refractivity contribution in [1.29, 1.82) is 0 Å². The van der Waals surface area contributed by atoms with Gasteiger partial charge in [0.1, 0.15) is 5.75 Å². The van der Waals surface area contributed by atoms with E-state index < -0.39 is 0 Å². The Bertz CT molecular complexity index is 391.